The molecular formula is C24H20N2O4S. The number of carbonyl (C=O) groups excluding carboxylic acids is 1. The fraction of sp³-hybridized carbons (Fsp3) is 0.0833. The molecule has 1 amide bonds. The number of aryl methyl sites for hydroxylation is 2. The van der Waals surface area contributed by atoms with Crippen LogP contribution in [0, 0.1) is 25.2 Å². The summed E-state index contributed by atoms with van der Waals surface area (Å²) < 4.78 is 30.2. The summed E-state index contributed by atoms with van der Waals surface area (Å²) in [4.78, 5) is 12.5. The third kappa shape index (κ3) is 5.81. The normalized spacial score (nSPS) is 11.5. The monoisotopic (exact) mass is 432 g/mol. The molecule has 0 bridgehead atoms. The number of hydrogen-bond donors (Lipinski definition) is 1. The molecule has 1 N–H and O–H groups in total. The first-order valence-electron chi connectivity index (χ1n) is 9.38. The summed E-state index contributed by atoms with van der Waals surface area (Å²) in [5.41, 5.74) is 2.80. The van der Waals surface area contributed by atoms with Crippen molar-refractivity contribution in [3.05, 3.63) is 95.1 Å². The van der Waals surface area contributed by atoms with Crippen LogP contribution >= 0.6 is 0 Å². The molecule has 0 saturated heterocycles. The van der Waals surface area contributed by atoms with Crippen LogP contribution in [0.4, 0.5) is 5.69 Å². The number of benzene rings is 3. The van der Waals surface area contributed by atoms with Crippen LogP contribution in [0.25, 0.3) is 6.08 Å². The molecule has 0 aliphatic heterocycles. The molecule has 0 saturated carbocycles. The maximum Gasteiger partial charge on any atom is 0.339 e. The van der Waals surface area contributed by atoms with Gasteiger partial charge in [0.15, 0.2) is 0 Å². The number of anilines is 1. The van der Waals surface area contributed by atoms with Crippen molar-refractivity contribution >= 4 is 27.8 Å². The lowest BCUT2D eigenvalue weighted by atomic mass is 10.1. The lowest BCUT2D eigenvalue weighted by Gasteiger charge is -2.08. The largest absolute Gasteiger partial charge is 0.379 e. The summed E-state index contributed by atoms with van der Waals surface area (Å²) in [6.45, 7) is 3.75. The van der Waals surface area contributed by atoms with E-state index in [0.717, 1.165) is 11.1 Å². The Bertz CT molecular complexity index is 1290. The summed E-state index contributed by atoms with van der Waals surface area (Å²) in [6.07, 6.45) is 1.37. The van der Waals surface area contributed by atoms with E-state index in [1.165, 1.54) is 30.3 Å². The van der Waals surface area contributed by atoms with Crippen molar-refractivity contribution in [1.82, 2.24) is 0 Å². The van der Waals surface area contributed by atoms with E-state index in [4.69, 9.17) is 4.18 Å². The van der Waals surface area contributed by atoms with E-state index in [1.54, 1.807) is 42.5 Å². The number of nitriles is 1. The van der Waals surface area contributed by atoms with Crippen molar-refractivity contribution in [3.63, 3.8) is 0 Å². The highest BCUT2D eigenvalue weighted by atomic mass is 32.2. The first-order chi connectivity index (χ1) is 14.8. The zero-order chi connectivity index (χ0) is 22.4. The molecule has 3 aromatic carbocycles. The van der Waals surface area contributed by atoms with Crippen molar-refractivity contribution in [1.29, 1.82) is 5.26 Å². The summed E-state index contributed by atoms with van der Waals surface area (Å²) >= 11 is 0. The third-order valence-corrected chi connectivity index (χ3v) is 5.59. The molecule has 156 valence electrons. The number of nitrogens with one attached hydrogen (secondary N) is 1. The lowest BCUT2D eigenvalue weighted by Crippen LogP contribution is -2.13. The smallest absolute Gasteiger partial charge is 0.339 e. The van der Waals surface area contributed by atoms with Crippen LogP contribution in [0.1, 0.15) is 16.7 Å². The molecule has 6 nitrogen and oxygen atoms in total. The average molecular weight is 433 g/mol. The molecule has 31 heavy (non-hydrogen) atoms. The zero-order valence-electron chi connectivity index (χ0n) is 17.0. The highest BCUT2D eigenvalue weighted by Crippen LogP contribution is 2.22. The van der Waals surface area contributed by atoms with E-state index in [9.17, 15) is 18.5 Å². The number of carbonyl (C=O) groups is 1. The third-order valence-electron chi connectivity index (χ3n) is 4.33. The minimum atomic E-state index is -4.01. The maximum absolute atomic E-state index is 12.5. The Morgan fingerprint density at radius 2 is 1.68 bits per heavy atom. The number of rotatable bonds is 6. The SMILES string of the molecule is Cc1ccc(S(=O)(=O)Oc2cccc(/C=C(\C#N)C(=O)Nc3cccc(C)c3)c2)cc1. The topological polar surface area (TPSA) is 96.3 Å². The van der Waals surface area contributed by atoms with Crippen LogP contribution in [0.15, 0.2) is 83.3 Å². The molecule has 0 fully saturated rings. The van der Waals surface area contributed by atoms with Gasteiger partial charge in [0.1, 0.15) is 22.3 Å². The summed E-state index contributed by atoms with van der Waals surface area (Å²) in [7, 11) is -4.01. The summed E-state index contributed by atoms with van der Waals surface area (Å²) in [6, 6.07) is 21.6. The van der Waals surface area contributed by atoms with E-state index in [2.05, 4.69) is 5.32 Å². The molecular weight excluding hydrogens is 412 g/mol. The highest BCUT2D eigenvalue weighted by molar-refractivity contribution is 7.87. The number of nitrogens with zero attached hydrogens (tertiary/aromatic N) is 1. The van der Waals surface area contributed by atoms with E-state index >= 15 is 0 Å². The van der Waals surface area contributed by atoms with Crippen LogP contribution in [0.2, 0.25) is 0 Å². The molecule has 0 spiro atoms. The Labute approximate surface area is 181 Å². The molecule has 0 heterocycles. The van der Waals surface area contributed by atoms with E-state index in [1.807, 2.05) is 26.0 Å². The van der Waals surface area contributed by atoms with Crippen LogP contribution in [0.3, 0.4) is 0 Å². The lowest BCUT2D eigenvalue weighted by molar-refractivity contribution is -0.112. The van der Waals surface area contributed by atoms with Gasteiger partial charge in [-0.2, -0.15) is 13.7 Å². The van der Waals surface area contributed by atoms with Gasteiger partial charge in [-0.05, 0) is 67.4 Å². The molecule has 0 aliphatic carbocycles. The molecule has 3 aromatic rings. The number of hydrogen-bond acceptors (Lipinski definition) is 5. The minimum absolute atomic E-state index is 0.0364. The van der Waals surface area contributed by atoms with Crippen molar-refractivity contribution in [2.24, 2.45) is 0 Å². The van der Waals surface area contributed by atoms with Crippen LogP contribution in [-0.2, 0) is 14.9 Å². The standard InChI is InChI=1S/C24H20N2O4S/c1-17-9-11-23(12-10-17)31(28,29)30-22-8-4-6-19(15-22)14-20(16-25)24(27)26-21-7-3-5-18(2)13-21/h3-15H,1-2H3,(H,26,27)/b20-14+. The van der Waals surface area contributed by atoms with Gasteiger partial charge in [0.05, 0.1) is 0 Å². The summed E-state index contributed by atoms with van der Waals surface area (Å²) in [5.74, 6) is -0.489. The molecule has 0 aromatic heterocycles. The van der Waals surface area contributed by atoms with Crippen molar-refractivity contribution < 1.29 is 17.4 Å². The molecule has 0 radical (unpaired) electrons. The predicted octanol–water partition coefficient (Wildman–Crippen LogP) is 4.62. The Morgan fingerprint density at radius 3 is 2.35 bits per heavy atom. The molecule has 0 unspecified atom stereocenters. The van der Waals surface area contributed by atoms with Gasteiger partial charge in [-0.25, -0.2) is 0 Å². The average Bonchev–Trinajstić information content (AvgIpc) is 2.72. The fourth-order valence-corrected chi connectivity index (χ4v) is 3.70. The predicted molar refractivity (Wildman–Crippen MR) is 119 cm³/mol. The van der Waals surface area contributed by atoms with Crippen LogP contribution < -0.4 is 9.50 Å². The quantitative estimate of drug-likeness (QED) is 0.348. The Kier molecular flexibility index (Phi) is 6.53. The van der Waals surface area contributed by atoms with Gasteiger partial charge in [-0.15, -0.1) is 0 Å². The second kappa shape index (κ2) is 9.28. The Balaban J connectivity index is 1.81. The Hall–Kier alpha value is -3.89. The first-order valence-corrected chi connectivity index (χ1v) is 10.8. The highest BCUT2D eigenvalue weighted by Gasteiger charge is 2.17. The first kappa shape index (κ1) is 21.8. The fourth-order valence-electron chi connectivity index (χ4n) is 2.77. The molecule has 7 heteroatoms. The maximum atomic E-state index is 12.5. The van der Waals surface area contributed by atoms with Gasteiger partial charge in [0.25, 0.3) is 5.91 Å². The molecule has 0 atom stereocenters. The van der Waals surface area contributed by atoms with Crippen molar-refractivity contribution in [3.8, 4) is 11.8 Å². The zero-order valence-corrected chi connectivity index (χ0v) is 17.8. The second-order valence-corrected chi connectivity index (χ2v) is 8.46. The molecule has 0 aliphatic rings. The van der Waals surface area contributed by atoms with Gasteiger partial charge in [-0.3, -0.25) is 4.79 Å². The number of amides is 1. The summed E-state index contributed by atoms with van der Waals surface area (Å²) in [5, 5.41) is 12.1. The van der Waals surface area contributed by atoms with Gasteiger partial charge in [0.2, 0.25) is 0 Å². The minimum Gasteiger partial charge on any atom is -0.379 e. The van der Waals surface area contributed by atoms with Gasteiger partial charge in [0, 0.05) is 5.69 Å². The van der Waals surface area contributed by atoms with Gasteiger partial charge < -0.3 is 9.50 Å². The van der Waals surface area contributed by atoms with E-state index < -0.39 is 16.0 Å². The van der Waals surface area contributed by atoms with Crippen LogP contribution in [0.5, 0.6) is 5.75 Å². The Morgan fingerprint density at radius 1 is 0.968 bits per heavy atom. The van der Waals surface area contributed by atoms with Crippen LogP contribution in [-0.4, -0.2) is 14.3 Å². The van der Waals surface area contributed by atoms with Crippen molar-refractivity contribution in [2.45, 2.75) is 18.7 Å². The van der Waals surface area contributed by atoms with Gasteiger partial charge in [-0.1, -0.05) is 42.0 Å². The van der Waals surface area contributed by atoms with Crippen molar-refractivity contribution in [2.75, 3.05) is 5.32 Å². The molecule has 3 rings (SSSR count). The van der Waals surface area contributed by atoms with Gasteiger partial charge >= 0.3 is 10.1 Å². The second-order valence-electron chi connectivity index (χ2n) is 6.92. The van der Waals surface area contributed by atoms with E-state index in [-0.39, 0.29) is 16.2 Å². The van der Waals surface area contributed by atoms with E-state index in [0.29, 0.717) is 11.3 Å².